The number of halogens is 1. The van der Waals surface area contributed by atoms with Crippen LogP contribution < -0.4 is 5.32 Å². The van der Waals surface area contributed by atoms with Gasteiger partial charge in [-0.05, 0) is 39.0 Å². The Morgan fingerprint density at radius 2 is 2.12 bits per heavy atom. The molecular formula is C18H19ClN4OS2. The Morgan fingerprint density at radius 3 is 2.77 bits per heavy atom. The van der Waals surface area contributed by atoms with Gasteiger partial charge in [-0.3, -0.25) is 9.36 Å². The van der Waals surface area contributed by atoms with Crippen molar-refractivity contribution in [1.29, 1.82) is 0 Å². The van der Waals surface area contributed by atoms with Gasteiger partial charge in [0.15, 0.2) is 11.0 Å². The molecule has 26 heavy (non-hydrogen) atoms. The minimum absolute atomic E-state index is 0.130. The van der Waals surface area contributed by atoms with Crippen LogP contribution >= 0.6 is 34.7 Å². The van der Waals surface area contributed by atoms with Gasteiger partial charge in [-0.15, -0.1) is 21.5 Å². The molecule has 0 fully saturated rings. The maximum absolute atomic E-state index is 12.3. The summed E-state index contributed by atoms with van der Waals surface area (Å²) in [7, 11) is 0. The van der Waals surface area contributed by atoms with Crippen LogP contribution in [0.25, 0.3) is 11.4 Å². The number of thioether (sulfide) groups is 1. The number of nitrogens with one attached hydrogen (secondary N) is 1. The number of para-hydroxylation sites is 1. The van der Waals surface area contributed by atoms with Crippen molar-refractivity contribution in [2.45, 2.75) is 32.0 Å². The molecule has 0 saturated carbocycles. The van der Waals surface area contributed by atoms with Gasteiger partial charge in [0.25, 0.3) is 0 Å². The lowest BCUT2D eigenvalue weighted by Gasteiger charge is -2.13. The van der Waals surface area contributed by atoms with Crippen LogP contribution in [0.5, 0.6) is 0 Å². The lowest BCUT2D eigenvalue weighted by Crippen LogP contribution is -2.15. The fraction of sp³-hybridized carbons (Fsp3) is 0.278. The van der Waals surface area contributed by atoms with E-state index in [4.69, 9.17) is 11.6 Å². The van der Waals surface area contributed by atoms with E-state index in [1.165, 1.54) is 16.6 Å². The van der Waals surface area contributed by atoms with E-state index in [9.17, 15) is 4.79 Å². The molecule has 0 aliphatic rings. The summed E-state index contributed by atoms with van der Waals surface area (Å²) in [5, 5.41) is 14.8. The predicted molar refractivity (Wildman–Crippen MR) is 109 cm³/mol. The van der Waals surface area contributed by atoms with Crippen molar-refractivity contribution < 1.29 is 4.79 Å². The molecule has 0 unspecified atom stereocenters. The summed E-state index contributed by atoms with van der Waals surface area (Å²) in [5.74, 6) is 0.936. The number of aromatic nitrogens is 3. The van der Waals surface area contributed by atoms with Crippen LogP contribution in [-0.4, -0.2) is 26.4 Å². The average molecular weight is 407 g/mol. The Balaban J connectivity index is 1.73. The monoisotopic (exact) mass is 406 g/mol. The van der Waals surface area contributed by atoms with Gasteiger partial charge in [0.1, 0.15) is 0 Å². The number of hydrogen-bond acceptors (Lipinski definition) is 5. The van der Waals surface area contributed by atoms with E-state index >= 15 is 0 Å². The van der Waals surface area contributed by atoms with Crippen LogP contribution in [0.4, 0.5) is 5.69 Å². The molecule has 1 amide bonds. The number of aryl methyl sites for hydroxylation is 1. The summed E-state index contributed by atoms with van der Waals surface area (Å²) in [4.78, 5) is 13.5. The van der Waals surface area contributed by atoms with Crippen LogP contribution in [0.3, 0.4) is 0 Å². The lowest BCUT2D eigenvalue weighted by molar-refractivity contribution is -0.113. The quantitative estimate of drug-likeness (QED) is 0.565. The van der Waals surface area contributed by atoms with Gasteiger partial charge in [-0.25, -0.2) is 0 Å². The zero-order valence-electron chi connectivity index (χ0n) is 14.7. The van der Waals surface area contributed by atoms with E-state index in [1.807, 2.05) is 12.1 Å². The number of carbonyl (C=O) groups excluding carboxylic acids is 1. The van der Waals surface area contributed by atoms with E-state index in [0.29, 0.717) is 10.7 Å². The molecule has 1 aromatic carbocycles. The number of rotatable bonds is 6. The van der Waals surface area contributed by atoms with Gasteiger partial charge in [0, 0.05) is 21.9 Å². The van der Waals surface area contributed by atoms with Crippen molar-refractivity contribution in [3.63, 3.8) is 0 Å². The minimum atomic E-state index is -0.130. The van der Waals surface area contributed by atoms with Crippen LogP contribution in [-0.2, 0) is 4.79 Å². The van der Waals surface area contributed by atoms with Gasteiger partial charge in [-0.1, -0.05) is 35.5 Å². The molecule has 136 valence electrons. The summed E-state index contributed by atoms with van der Waals surface area (Å²) < 4.78 is 2.06. The third-order valence-corrected chi connectivity index (χ3v) is 5.78. The Labute approximate surface area is 165 Å². The summed E-state index contributed by atoms with van der Waals surface area (Å²) in [6, 6.07) is 9.47. The summed E-state index contributed by atoms with van der Waals surface area (Å²) in [6.45, 7) is 6.23. The molecule has 3 rings (SSSR count). The van der Waals surface area contributed by atoms with E-state index in [0.717, 1.165) is 16.5 Å². The zero-order valence-corrected chi connectivity index (χ0v) is 17.1. The summed E-state index contributed by atoms with van der Waals surface area (Å²) in [5.41, 5.74) is 1.67. The molecule has 0 aliphatic carbocycles. The van der Waals surface area contributed by atoms with Crippen molar-refractivity contribution in [2.24, 2.45) is 0 Å². The second-order valence-corrected chi connectivity index (χ2v) is 8.50. The Hall–Kier alpha value is -1.83. The molecule has 0 atom stereocenters. The lowest BCUT2D eigenvalue weighted by atomic mass is 10.3. The van der Waals surface area contributed by atoms with E-state index < -0.39 is 0 Å². The SMILES string of the molecule is Cc1cc(-c2nnc(SCC(=O)Nc3ccccc3Cl)n2C(C)C)cs1. The maximum atomic E-state index is 12.3. The van der Waals surface area contributed by atoms with E-state index in [1.54, 1.807) is 23.5 Å². The first-order valence-corrected chi connectivity index (χ1v) is 10.4. The standard InChI is InChI=1S/C18H19ClN4OS2/c1-11(2)23-17(13-8-12(3)25-9-13)21-22-18(23)26-10-16(24)20-15-7-5-4-6-14(15)19/h4-9,11H,10H2,1-3H3,(H,20,24). The largest absolute Gasteiger partial charge is 0.324 e. The third kappa shape index (κ3) is 4.28. The topological polar surface area (TPSA) is 59.8 Å². The van der Waals surface area contributed by atoms with Gasteiger partial charge in [0.2, 0.25) is 5.91 Å². The van der Waals surface area contributed by atoms with Crippen LogP contribution in [0.15, 0.2) is 40.9 Å². The number of amides is 1. The molecule has 2 heterocycles. The highest BCUT2D eigenvalue weighted by molar-refractivity contribution is 7.99. The molecule has 0 aliphatic heterocycles. The Kier molecular flexibility index (Phi) is 6.01. The second-order valence-electron chi connectivity index (χ2n) is 6.03. The van der Waals surface area contributed by atoms with Gasteiger partial charge in [0.05, 0.1) is 16.5 Å². The summed E-state index contributed by atoms with van der Waals surface area (Å²) in [6.07, 6.45) is 0. The molecular weight excluding hydrogens is 388 g/mol. The van der Waals surface area contributed by atoms with Gasteiger partial charge < -0.3 is 5.32 Å². The van der Waals surface area contributed by atoms with Crippen LogP contribution in [0, 0.1) is 6.92 Å². The molecule has 0 saturated heterocycles. The minimum Gasteiger partial charge on any atom is -0.324 e. The average Bonchev–Trinajstić information content (AvgIpc) is 3.21. The second kappa shape index (κ2) is 8.24. The molecule has 3 aromatic rings. The summed E-state index contributed by atoms with van der Waals surface area (Å²) >= 11 is 9.13. The molecule has 1 N–H and O–H groups in total. The van der Waals surface area contributed by atoms with Crippen LogP contribution in [0.2, 0.25) is 5.02 Å². The first kappa shape index (κ1) is 18.9. The molecule has 0 bridgehead atoms. The van der Waals surface area contributed by atoms with E-state index in [-0.39, 0.29) is 17.7 Å². The number of hydrogen-bond donors (Lipinski definition) is 1. The van der Waals surface area contributed by atoms with Crippen molar-refractivity contribution >= 4 is 46.3 Å². The molecule has 0 radical (unpaired) electrons. The van der Waals surface area contributed by atoms with Crippen molar-refractivity contribution in [3.05, 3.63) is 45.6 Å². The Bertz CT molecular complexity index is 920. The number of nitrogens with zero attached hydrogens (tertiary/aromatic N) is 3. The van der Waals surface area contributed by atoms with Gasteiger partial charge >= 0.3 is 0 Å². The highest BCUT2D eigenvalue weighted by atomic mass is 35.5. The Morgan fingerprint density at radius 1 is 1.35 bits per heavy atom. The van der Waals surface area contributed by atoms with E-state index in [2.05, 4.69) is 52.3 Å². The maximum Gasteiger partial charge on any atom is 0.234 e. The molecule has 8 heteroatoms. The predicted octanol–water partition coefficient (Wildman–Crippen LogP) is 5.28. The van der Waals surface area contributed by atoms with Gasteiger partial charge in [-0.2, -0.15) is 0 Å². The molecule has 2 aromatic heterocycles. The fourth-order valence-electron chi connectivity index (χ4n) is 2.48. The number of carbonyl (C=O) groups is 1. The number of thiophene rings is 1. The number of benzene rings is 1. The van der Waals surface area contributed by atoms with Crippen LogP contribution in [0.1, 0.15) is 24.8 Å². The van der Waals surface area contributed by atoms with Crippen molar-refractivity contribution in [3.8, 4) is 11.4 Å². The highest BCUT2D eigenvalue weighted by Gasteiger charge is 2.18. The normalized spacial score (nSPS) is 11.1. The smallest absolute Gasteiger partial charge is 0.234 e. The molecule has 5 nitrogen and oxygen atoms in total. The van der Waals surface area contributed by atoms with Crippen molar-refractivity contribution in [2.75, 3.05) is 11.1 Å². The van der Waals surface area contributed by atoms with Crippen molar-refractivity contribution in [1.82, 2.24) is 14.8 Å². The number of anilines is 1. The fourth-order valence-corrected chi connectivity index (χ4v) is 4.21. The molecule has 0 spiro atoms. The first-order valence-electron chi connectivity index (χ1n) is 8.13. The first-order chi connectivity index (χ1) is 12.5. The zero-order chi connectivity index (χ0) is 18.7. The third-order valence-electron chi connectivity index (χ3n) is 3.65. The highest BCUT2D eigenvalue weighted by Crippen LogP contribution is 2.30.